The number of thioether (sulfide) groups is 4. The minimum Gasteiger partial charge on any atom is -0.468 e. The summed E-state index contributed by atoms with van der Waals surface area (Å²) in [6.45, 7) is 8.02. The SMILES string of the molecule is CCSC(SCC)=C1C(=O)C(=O)O/C1=C\[C@H](C(C(=O)/C=C/c1ccco1)=C(SCC)SCC)c1ccco1. The van der Waals surface area contributed by atoms with Gasteiger partial charge in [0.2, 0.25) is 0 Å². The molecule has 1 fully saturated rings. The molecular weight excluding hydrogens is 561 g/mol. The number of carbonyl (C=O) groups is 3. The number of esters is 1. The van der Waals surface area contributed by atoms with Crippen LogP contribution in [0.1, 0.15) is 45.1 Å². The first kappa shape index (κ1) is 30.3. The second-order valence-electron chi connectivity index (χ2n) is 7.55. The fourth-order valence-corrected chi connectivity index (χ4v) is 8.14. The molecule has 0 bridgehead atoms. The van der Waals surface area contributed by atoms with E-state index in [4.69, 9.17) is 13.6 Å². The Morgan fingerprint density at radius 2 is 1.53 bits per heavy atom. The highest BCUT2D eigenvalue weighted by atomic mass is 32.2. The third-order valence-electron chi connectivity index (χ3n) is 5.07. The monoisotopic (exact) mass is 590 g/mol. The normalized spacial score (nSPS) is 15.4. The maximum atomic E-state index is 13.8. The maximum Gasteiger partial charge on any atom is 0.385 e. The topological polar surface area (TPSA) is 86.7 Å². The molecule has 0 unspecified atom stereocenters. The number of hydrogen-bond donors (Lipinski definition) is 0. The lowest BCUT2D eigenvalue weighted by Crippen LogP contribution is -2.11. The van der Waals surface area contributed by atoms with Crippen molar-refractivity contribution in [2.45, 2.75) is 33.6 Å². The minimum absolute atomic E-state index is 0.154. The molecule has 0 radical (unpaired) electrons. The van der Waals surface area contributed by atoms with Gasteiger partial charge in [0.1, 0.15) is 17.3 Å². The van der Waals surface area contributed by atoms with Crippen LogP contribution in [-0.4, -0.2) is 40.5 Å². The van der Waals surface area contributed by atoms with Crippen LogP contribution in [0.5, 0.6) is 0 Å². The van der Waals surface area contributed by atoms with E-state index in [9.17, 15) is 14.4 Å². The molecule has 3 rings (SSSR count). The van der Waals surface area contributed by atoms with Gasteiger partial charge in [-0.3, -0.25) is 9.59 Å². The predicted octanol–water partition coefficient (Wildman–Crippen LogP) is 7.68. The summed E-state index contributed by atoms with van der Waals surface area (Å²) in [5.74, 6) is 1.65. The highest BCUT2D eigenvalue weighted by molar-refractivity contribution is 8.22. The van der Waals surface area contributed by atoms with Gasteiger partial charge >= 0.3 is 5.97 Å². The van der Waals surface area contributed by atoms with E-state index in [0.717, 1.165) is 31.5 Å². The van der Waals surface area contributed by atoms with Crippen LogP contribution >= 0.6 is 47.0 Å². The van der Waals surface area contributed by atoms with Crippen molar-refractivity contribution in [1.29, 1.82) is 0 Å². The molecule has 0 saturated carbocycles. The summed E-state index contributed by atoms with van der Waals surface area (Å²) in [6, 6.07) is 7.04. The summed E-state index contributed by atoms with van der Waals surface area (Å²) < 4.78 is 18.2. The van der Waals surface area contributed by atoms with Crippen molar-refractivity contribution in [3.63, 3.8) is 0 Å². The van der Waals surface area contributed by atoms with E-state index >= 15 is 0 Å². The number of rotatable bonds is 14. The number of ketones is 2. The molecule has 10 heteroatoms. The Kier molecular flexibility index (Phi) is 12.2. The number of Topliss-reactive ketones (excluding diaryl/α,β-unsaturated/α-hetero) is 1. The number of furan rings is 2. The van der Waals surface area contributed by atoms with E-state index in [1.165, 1.54) is 35.9 Å². The molecular formula is C28H30O6S4. The lowest BCUT2D eigenvalue weighted by Gasteiger charge is -2.19. The van der Waals surface area contributed by atoms with E-state index < -0.39 is 17.7 Å². The average molecular weight is 591 g/mol. The molecule has 1 aliphatic heterocycles. The van der Waals surface area contributed by atoms with E-state index in [1.807, 2.05) is 27.7 Å². The van der Waals surface area contributed by atoms with Crippen molar-refractivity contribution in [2.24, 2.45) is 0 Å². The Morgan fingerprint density at radius 1 is 0.895 bits per heavy atom. The average Bonchev–Trinajstić information content (AvgIpc) is 3.66. The second kappa shape index (κ2) is 15.4. The molecule has 1 saturated heterocycles. The molecule has 1 aliphatic rings. The minimum atomic E-state index is -0.920. The predicted molar refractivity (Wildman–Crippen MR) is 160 cm³/mol. The number of carbonyl (C=O) groups excluding carboxylic acids is 3. The number of allylic oxidation sites excluding steroid dienone is 4. The quantitative estimate of drug-likeness (QED) is 0.124. The van der Waals surface area contributed by atoms with Gasteiger partial charge in [0.25, 0.3) is 5.78 Å². The third-order valence-corrected chi connectivity index (χ3v) is 9.54. The summed E-state index contributed by atoms with van der Waals surface area (Å²) in [6.07, 6.45) is 7.85. The number of cyclic esters (lactones) is 1. The van der Waals surface area contributed by atoms with E-state index in [2.05, 4.69) is 0 Å². The van der Waals surface area contributed by atoms with Gasteiger partial charge in [0, 0.05) is 9.81 Å². The molecule has 38 heavy (non-hydrogen) atoms. The molecule has 1 atom stereocenters. The van der Waals surface area contributed by atoms with Gasteiger partial charge < -0.3 is 13.6 Å². The molecule has 3 heterocycles. The molecule has 0 spiro atoms. The highest BCUT2D eigenvalue weighted by Crippen LogP contribution is 2.43. The van der Waals surface area contributed by atoms with Gasteiger partial charge in [-0.1, -0.05) is 27.7 Å². The summed E-state index contributed by atoms with van der Waals surface area (Å²) >= 11 is 6.12. The van der Waals surface area contributed by atoms with Crippen LogP contribution in [0.15, 0.2) is 83.2 Å². The molecule has 6 nitrogen and oxygen atoms in total. The second-order valence-corrected chi connectivity index (χ2v) is 13.2. The molecule has 0 amide bonds. The van der Waals surface area contributed by atoms with Gasteiger partial charge in [-0.25, -0.2) is 4.79 Å². The lowest BCUT2D eigenvalue weighted by molar-refractivity contribution is -0.145. The first-order chi connectivity index (χ1) is 18.4. The smallest absolute Gasteiger partial charge is 0.385 e. The Bertz CT molecular complexity index is 1220. The largest absolute Gasteiger partial charge is 0.468 e. The van der Waals surface area contributed by atoms with Gasteiger partial charge in [0.05, 0.1) is 28.3 Å². The zero-order valence-corrected chi connectivity index (χ0v) is 25.0. The fourth-order valence-electron chi connectivity index (χ4n) is 3.57. The van der Waals surface area contributed by atoms with Crippen molar-refractivity contribution in [3.05, 3.63) is 85.8 Å². The fraction of sp³-hybridized carbons (Fsp3) is 0.321. The van der Waals surface area contributed by atoms with Crippen LogP contribution in [0.3, 0.4) is 0 Å². The van der Waals surface area contributed by atoms with Crippen LogP contribution in [0.4, 0.5) is 0 Å². The first-order valence-electron chi connectivity index (χ1n) is 12.2. The van der Waals surface area contributed by atoms with Crippen molar-refractivity contribution < 1.29 is 28.0 Å². The van der Waals surface area contributed by atoms with Gasteiger partial charge in [0.15, 0.2) is 5.78 Å². The van der Waals surface area contributed by atoms with Crippen LogP contribution in [0, 0.1) is 0 Å². The van der Waals surface area contributed by atoms with E-state index in [0.29, 0.717) is 17.1 Å². The van der Waals surface area contributed by atoms with Crippen LogP contribution in [0.2, 0.25) is 0 Å². The highest BCUT2D eigenvalue weighted by Gasteiger charge is 2.39. The summed E-state index contributed by atoms with van der Waals surface area (Å²) in [7, 11) is 0. The van der Waals surface area contributed by atoms with E-state index in [1.54, 1.807) is 66.2 Å². The van der Waals surface area contributed by atoms with Crippen molar-refractivity contribution >= 4 is 70.7 Å². The number of ether oxygens (including phenoxy) is 1. The lowest BCUT2D eigenvalue weighted by atomic mass is 9.92. The van der Waals surface area contributed by atoms with Gasteiger partial charge in [-0.05, 0) is 65.5 Å². The maximum absolute atomic E-state index is 13.8. The molecule has 0 aliphatic carbocycles. The summed E-state index contributed by atoms with van der Waals surface area (Å²) in [5.41, 5.74) is 0.729. The molecule has 2 aromatic rings. The van der Waals surface area contributed by atoms with Crippen molar-refractivity contribution in [1.82, 2.24) is 0 Å². The summed E-state index contributed by atoms with van der Waals surface area (Å²) in [5, 5.41) is 0. The van der Waals surface area contributed by atoms with Crippen LogP contribution in [0.25, 0.3) is 6.08 Å². The van der Waals surface area contributed by atoms with Crippen molar-refractivity contribution in [2.75, 3.05) is 23.0 Å². The Morgan fingerprint density at radius 3 is 2.08 bits per heavy atom. The summed E-state index contributed by atoms with van der Waals surface area (Å²) in [4.78, 5) is 39.2. The molecule has 202 valence electrons. The van der Waals surface area contributed by atoms with E-state index in [-0.39, 0.29) is 17.1 Å². The standard InChI is InChI=1S/C28H30O6S4/c1-5-35-27(36-6-2)23(20(29)14-13-18-11-9-15-32-18)19(21-12-10-16-33-21)17-22-24(25(30)26(31)34-22)28(37-7-3)38-8-4/h9-17,19H,5-8H2,1-4H3/b14-13+,22-17-/t19-/m0/s1. The van der Waals surface area contributed by atoms with Crippen LogP contribution in [-0.2, 0) is 19.1 Å². The van der Waals surface area contributed by atoms with Gasteiger partial charge in [-0.15, -0.1) is 47.0 Å². The zero-order valence-electron chi connectivity index (χ0n) is 21.7. The van der Waals surface area contributed by atoms with Gasteiger partial charge in [-0.2, -0.15) is 0 Å². The molecule has 0 aromatic carbocycles. The van der Waals surface area contributed by atoms with Crippen LogP contribution < -0.4 is 0 Å². The zero-order chi connectivity index (χ0) is 27.5. The van der Waals surface area contributed by atoms with Crippen molar-refractivity contribution in [3.8, 4) is 0 Å². The molecule has 2 aromatic heterocycles. The molecule has 0 N–H and O–H groups in total. The third kappa shape index (κ3) is 7.65. The Labute approximate surface area is 240 Å². The first-order valence-corrected chi connectivity index (χ1v) is 16.2. The Balaban J connectivity index is 2.24. The Hall–Kier alpha value is -2.27. The number of hydrogen-bond acceptors (Lipinski definition) is 10.